The van der Waals surface area contributed by atoms with Gasteiger partial charge in [0.15, 0.2) is 0 Å². The first-order valence-electron chi connectivity index (χ1n) is 4.85. The number of hydrogen-bond donors (Lipinski definition) is 1. The number of rotatable bonds is 2. The van der Waals surface area contributed by atoms with Gasteiger partial charge in [0.2, 0.25) is 0 Å². The fraction of sp³-hybridized carbons (Fsp3) is 0.364. The molecule has 2 heterocycles. The van der Waals surface area contributed by atoms with E-state index in [4.69, 9.17) is 11.6 Å². The molecule has 0 aliphatic heterocycles. The van der Waals surface area contributed by atoms with E-state index in [1.54, 1.807) is 6.20 Å². The second-order valence-electron chi connectivity index (χ2n) is 4.02. The highest BCUT2D eigenvalue weighted by molar-refractivity contribution is 6.31. The number of H-pyrrole nitrogens is 1. The van der Waals surface area contributed by atoms with Gasteiger partial charge >= 0.3 is 0 Å². The fourth-order valence-electron chi connectivity index (χ4n) is 1.74. The molecule has 0 unspecified atom stereocenters. The van der Waals surface area contributed by atoms with E-state index in [0.717, 1.165) is 23.3 Å². The lowest BCUT2D eigenvalue weighted by molar-refractivity contribution is 0.403. The van der Waals surface area contributed by atoms with Crippen LogP contribution in [0.3, 0.4) is 0 Å². The van der Waals surface area contributed by atoms with Crippen molar-refractivity contribution in [1.29, 1.82) is 0 Å². The fourth-order valence-corrected chi connectivity index (χ4v) is 1.90. The molecular weight excluding hydrogens is 210 g/mol. The van der Waals surface area contributed by atoms with Crippen molar-refractivity contribution in [2.45, 2.75) is 13.5 Å². The molecular formula is C11H14ClN3. The van der Waals surface area contributed by atoms with Crippen LogP contribution in [0.25, 0.3) is 11.0 Å². The number of nitrogens with one attached hydrogen (secondary N) is 1. The standard InChI is InChI=1S/C11H14ClN3/c1-7-10(6-15(2)3)9-4-8(12)5-13-11(9)14-7/h4-5H,6H2,1-3H3,(H,13,14). The molecule has 80 valence electrons. The monoisotopic (exact) mass is 223 g/mol. The summed E-state index contributed by atoms with van der Waals surface area (Å²) in [4.78, 5) is 9.66. The highest BCUT2D eigenvalue weighted by Crippen LogP contribution is 2.24. The van der Waals surface area contributed by atoms with Gasteiger partial charge in [0.25, 0.3) is 0 Å². The quantitative estimate of drug-likeness (QED) is 0.849. The maximum absolute atomic E-state index is 5.95. The SMILES string of the molecule is Cc1[nH]c2ncc(Cl)cc2c1CN(C)C. The van der Waals surface area contributed by atoms with Crippen LogP contribution in [0.5, 0.6) is 0 Å². The first-order valence-corrected chi connectivity index (χ1v) is 5.23. The Balaban J connectivity index is 2.60. The molecule has 1 N–H and O–H groups in total. The summed E-state index contributed by atoms with van der Waals surface area (Å²) in [5, 5.41) is 1.80. The zero-order chi connectivity index (χ0) is 11.0. The summed E-state index contributed by atoms with van der Waals surface area (Å²) in [6.45, 7) is 2.96. The zero-order valence-electron chi connectivity index (χ0n) is 9.13. The molecule has 4 heteroatoms. The van der Waals surface area contributed by atoms with Crippen molar-refractivity contribution in [2.75, 3.05) is 14.1 Å². The van der Waals surface area contributed by atoms with Crippen molar-refractivity contribution in [2.24, 2.45) is 0 Å². The molecule has 0 saturated carbocycles. The molecule has 0 aromatic carbocycles. The number of pyridine rings is 1. The van der Waals surface area contributed by atoms with E-state index >= 15 is 0 Å². The Morgan fingerprint density at radius 3 is 2.87 bits per heavy atom. The third-order valence-electron chi connectivity index (χ3n) is 2.41. The van der Waals surface area contributed by atoms with Gasteiger partial charge in [0.1, 0.15) is 5.65 Å². The molecule has 0 fully saturated rings. The number of nitrogens with zero attached hydrogens (tertiary/aromatic N) is 2. The van der Waals surface area contributed by atoms with Crippen molar-refractivity contribution in [3.8, 4) is 0 Å². The lowest BCUT2D eigenvalue weighted by Gasteiger charge is -2.09. The highest BCUT2D eigenvalue weighted by Gasteiger charge is 2.10. The summed E-state index contributed by atoms with van der Waals surface area (Å²) >= 11 is 5.95. The van der Waals surface area contributed by atoms with Gasteiger partial charge in [-0.25, -0.2) is 4.98 Å². The zero-order valence-corrected chi connectivity index (χ0v) is 9.89. The lowest BCUT2D eigenvalue weighted by atomic mass is 10.1. The van der Waals surface area contributed by atoms with Gasteiger partial charge < -0.3 is 9.88 Å². The van der Waals surface area contributed by atoms with Gasteiger partial charge in [-0.15, -0.1) is 0 Å². The normalized spacial score (nSPS) is 11.5. The Labute approximate surface area is 94.1 Å². The average molecular weight is 224 g/mol. The van der Waals surface area contributed by atoms with Gasteiger partial charge in [-0.2, -0.15) is 0 Å². The predicted octanol–water partition coefficient (Wildman–Crippen LogP) is 2.59. The minimum atomic E-state index is 0.682. The van der Waals surface area contributed by atoms with Gasteiger partial charge in [0, 0.05) is 23.8 Å². The Morgan fingerprint density at radius 2 is 2.20 bits per heavy atom. The summed E-state index contributed by atoms with van der Waals surface area (Å²) in [6.07, 6.45) is 1.67. The molecule has 0 aliphatic rings. The first kappa shape index (κ1) is 10.5. The van der Waals surface area contributed by atoms with Crippen LogP contribution in [-0.4, -0.2) is 29.0 Å². The summed E-state index contributed by atoms with van der Waals surface area (Å²) in [6, 6.07) is 1.96. The Hall–Kier alpha value is -1.06. The largest absolute Gasteiger partial charge is 0.343 e. The summed E-state index contributed by atoms with van der Waals surface area (Å²) in [5.41, 5.74) is 3.34. The van der Waals surface area contributed by atoms with Crippen LogP contribution >= 0.6 is 11.6 Å². The highest BCUT2D eigenvalue weighted by atomic mass is 35.5. The van der Waals surface area contributed by atoms with E-state index in [2.05, 4.69) is 35.9 Å². The van der Waals surface area contributed by atoms with Crippen LogP contribution in [0, 0.1) is 6.92 Å². The van der Waals surface area contributed by atoms with Gasteiger partial charge in [-0.3, -0.25) is 0 Å². The molecule has 0 atom stereocenters. The third-order valence-corrected chi connectivity index (χ3v) is 2.62. The molecule has 0 radical (unpaired) electrons. The van der Waals surface area contributed by atoms with Crippen molar-refractivity contribution in [1.82, 2.24) is 14.9 Å². The molecule has 0 amide bonds. The minimum absolute atomic E-state index is 0.682. The van der Waals surface area contributed by atoms with Gasteiger partial charge in [-0.05, 0) is 32.6 Å². The van der Waals surface area contributed by atoms with Crippen LogP contribution in [0.1, 0.15) is 11.3 Å². The van der Waals surface area contributed by atoms with Gasteiger partial charge in [-0.1, -0.05) is 11.6 Å². The van der Waals surface area contributed by atoms with Crippen molar-refractivity contribution in [3.63, 3.8) is 0 Å². The topological polar surface area (TPSA) is 31.9 Å². The summed E-state index contributed by atoms with van der Waals surface area (Å²) in [7, 11) is 4.10. The maximum Gasteiger partial charge on any atom is 0.137 e. The Bertz CT molecular complexity index is 488. The number of aryl methyl sites for hydroxylation is 1. The molecule has 0 aliphatic carbocycles. The molecule has 2 rings (SSSR count). The van der Waals surface area contributed by atoms with E-state index in [-0.39, 0.29) is 0 Å². The second kappa shape index (κ2) is 3.83. The summed E-state index contributed by atoms with van der Waals surface area (Å²) in [5.74, 6) is 0. The smallest absolute Gasteiger partial charge is 0.137 e. The van der Waals surface area contributed by atoms with Gasteiger partial charge in [0.05, 0.1) is 5.02 Å². The second-order valence-corrected chi connectivity index (χ2v) is 4.45. The predicted molar refractivity (Wildman–Crippen MR) is 63.2 cm³/mol. The Kier molecular flexibility index (Phi) is 2.67. The van der Waals surface area contributed by atoms with E-state index in [1.807, 2.05) is 6.07 Å². The number of fused-ring (bicyclic) bond motifs is 1. The molecule has 0 spiro atoms. The van der Waals surface area contributed by atoms with E-state index in [0.29, 0.717) is 5.02 Å². The van der Waals surface area contributed by atoms with Crippen LogP contribution in [-0.2, 0) is 6.54 Å². The van der Waals surface area contributed by atoms with Crippen molar-refractivity contribution >= 4 is 22.6 Å². The number of hydrogen-bond acceptors (Lipinski definition) is 2. The number of aromatic amines is 1. The molecule has 2 aromatic rings. The molecule has 2 aromatic heterocycles. The lowest BCUT2D eigenvalue weighted by Crippen LogP contribution is -2.11. The molecule has 0 saturated heterocycles. The van der Waals surface area contributed by atoms with Crippen LogP contribution in [0.4, 0.5) is 0 Å². The molecule has 0 bridgehead atoms. The summed E-state index contributed by atoms with van der Waals surface area (Å²) < 4.78 is 0. The Morgan fingerprint density at radius 1 is 1.47 bits per heavy atom. The third kappa shape index (κ3) is 1.98. The molecule has 15 heavy (non-hydrogen) atoms. The first-order chi connectivity index (χ1) is 7.08. The van der Waals surface area contributed by atoms with Crippen molar-refractivity contribution < 1.29 is 0 Å². The minimum Gasteiger partial charge on any atom is -0.343 e. The number of aromatic nitrogens is 2. The van der Waals surface area contributed by atoms with E-state index < -0.39 is 0 Å². The van der Waals surface area contributed by atoms with Crippen LogP contribution in [0.15, 0.2) is 12.3 Å². The van der Waals surface area contributed by atoms with E-state index in [9.17, 15) is 0 Å². The molecule has 3 nitrogen and oxygen atoms in total. The van der Waals surface area contributed by atoms with Crippen LogP contribution < -0.4 is 0 Å². The van der Waals surface area contributed by atoms with Crippen LogP contribution in [0.2, 0.25) is 5.02 Å². The van der Waals surface area contributed by atoms with E-state index in [1.165, 1.54) is 5.56 Å². The number of halogens is 1. The average Bonchev–Trinajstić information content (AvgIpc) is 2.43. The van der Waals surface area contributed by atoms with Crippen molar-refractivity contribution in [3.05, 3.63) is 28.5 Å². The maximum atomic E-state index is 5.95.